The van der Waals surface area contributed by atoms with E-state index in [0.717, 1.165) is 37.8 Å². The standard InChI is InChI=1S/C14H12F2O2/c15-11-5-9(13(17)7-1-2-7)10(6-12(11)16)14(18)8-3-4-8/h5-8H,1-4H2. The first-order valence-corrected chi connectivity index (χ1v) is 6.15. The van der Waals surface area contributed by atoms with E-state index in [4.69, 9.17) is 0 Å². The lowest BCUT2D eigenvalue weighted by Crippen LogP contribution is -2.13. The number of ketones is 2. The van der Waals surface area contributed by atoms with E-state index in [1.165, 1.54) is 0 Å². The van der Waals surface area contributed by atoms with Gasteiger partial charge in [0.2, 0.25) is 0 Å². The molecular formula is C14H12F2O2. The maximum Gasteiger partial charge on any atom is 0.166 e. The van der Waals surface area contributed by atoms with Crippen molar-refractivity contribution in [3.05, 3.63) is 34.9 Å². The van der Waals surface area contributed by atoms with Crippen LogP contribution in [0.1, 0.15) is 46.4 Å². The Balaban J connectivity index is 2.05. The van der Waals surface area contributed by atoms with Crippen molar-refractivity contribution in [1.29, 1.82) is 0 Å². The lowest BCUT2D eigenvalue weighted by Gasteiger charge is -2.08. The zero-order valence-corrected chi connectivity index (χ0v) is 9.71. The van der Waals surface area contributed by atoms with E-state index < -0.39 is 11.6 Å². The van der Waals surface area contributed by atoms with Crippen LogP contribution in [0.15, 0.2) is 12.1 Å². The largest absolute Gasteiger partial charge is 0.294 e. The van der Waals surface area contributed by atoms with Gasteiger partial charge in [-0.25, -0.2) is 8.78 Å². The van der Waals surface area contributed by atoms with Gasteiger partial charge in [-0.3, -0.25) is 9.59 Å². The summed E-state index contributed by atoms with van der Waals surface area (Å²) >= 11 is 0. The average molecular weight is 250 g/mol. The molecule has 0 saturated heterocycles. The van der Waals surface area contributed by atoms with Crippen molar-refractivity contribution in [2.45, 2.75) is 25.7 Å². The van der Waals surface area contributed by atoms with Gasteiger partial charge in [0.05, 0.1) is 0 Å². The summed E-state index contributed by atoms with van der Waals surface area (Å²) in [4.78, 5) is 24.0. The van der Waals surface area contributed by atoms with Crippen LogP contribution in [-0.4, -0.2) is 11.6 Å². The first-order valence-electron chi connectivity index (χ1n) is 6.15. The number of Topliss-reactive ketones (excluding diaryl/α,β-unsaturated/α-hetero) is 2. The van der Waals surface area contributed by atoms with Crippen LogP contribution in [-0.2, 0) is 0 Å². The normalized spacial score (nSPS) is 18.8. The van der Waals surface area contributed by atoms with Crippen LogP contribution in [0.4, 0.5) is 8.78 Å². The van der Waals surface area contributed by atoms with Crippen LogP contribution in [0.3, 0.4) is 0 Å². The SMILES string of the molecule is O=C(c1cc(F)c(F)cc1C(=O)C1CC1)C1CC1. The summed E-state index contributed by atoms with van der Waals surface area (Å²) in [6.07, 6.45) is 3.09. The molecule has 4 heteroatoms. The Morgan fingerprint density at radius 1 is 0.833 bits per heavy atom. The molecule has 94 valence electrons. The molecule has 0 unspecified atom stereocenters. The highest BCUT2D eigenvalue weighted by molar-refractivity contribution is 6.11. The van der Waals surface area contributed by atoms with Gasteiger partial charge in [0, 0.05) is 23.0 Å². The minimum Gasteiger partial charge on any atom is -0.294 e. The number of hydrogen-bond donors (Lipinski definition) is 0. The maximum atomic E-state index is 13.2. The number of carbonyl (C=O) groups is 2. The van der Waals surface area contributed by atoms with E-state index in [2.05, 4.69) is 0 Å². The predicted octanol–water partition coefficient (Wildman–Crippen LogP) is 3.15. The molecule has 2 aliphatic carbocycles. The van der Waals surface area contributed by atoms with Gasteiger partial charge in [0.25, 0.3) is 0 Å². The van der Waals surface area contributed by atoms with Crippen LogP contribution in [0.25, 0.3) is 0 Å². The molecule has 0 heterocycles. The number of benzene rings is 1. The summed E-state index contributed by atoms with van der Waals surface area (Å²) in [5.74, 6) is -2.80. The second-order valence-corrected chi connectivity index (χ2v) is 5.09. The molecule has 3 rings (SSSR count). The molecule has 0 atom stereocenters. The quantitative estimate of drug-likeness (QED) is 0.769. The number of hydrogen-bond acceptors (Lipinski definition) is 2. The van der Waals surface area contributed by atoms with Gasteiger partial charge in [-0.1, -0.05) is 0 Å². The fraction of sp³-hybridized carbons (Fsp3) is 0.429. The Morgan fingerprint density at radius 2 is 1.17 bits per heavy atom. The molecule has 0 radical (unpaired) electrons. The van der Waals surface area contributed by atoms with E-state index >= 15 is 0 Å². The fourth-order valence-corrected chi connectivity index (χ4v) is 2.09. The minimum atomic E-state index is -1.06. The molecule has 0 amide bonds. The monoisotopic (exact) mass is 250 g/mol. The van der Waals surface area contributed by atoms with Gasteiger partial charge in [0.15, 0.2) is 23.2 Å². The van der Waals surface area contributed by atoms with Crippen LogP contribution in [0, 0.1) is 23.5 Å². The molecule has 2 nitrogen and oxygen atoms in total. The maximum absolute atomic E-state index is 13.2. The number of carbonyl (C=O) groups excluding carboxylic acids is 2. The summed E-state index contributed by atoms with van der Waals surface area (Å²) in [5.41, 5.74) is 0.126. The van der Waals surface area contributed by atoms with Crippen molar-refractivity contribution in [2.75, 3.05) is 0 Å². The molecule has 2 fully saturated rings. The average Bonchev–Trinajstić information content (AvgIpc) is 3.19. The first kappa shape index (κ1) is 11.5. The summed E-state index contributed by atoms with van der Waals surface area (Å²) < 4.78 is 26.5. The Bertz CT molecular complexity index is 494. The van der Waals surface area contributed by atoms with Crippen LogP contribution in [0.5, 0.6) is 0 Å². The van der Waals surface area contributed by atoms with Gasteiger partial charge in [0.1, 0.15) is 0 Å². The molecule has 0 spiro atoms. The Kier molecular flexibility index (Phi) is 2.54. The number of rotatable bonds is 4. The second-order valence-electron chi connectivity index (χ2n) is 5.09. The molecule has 1 aromatic carbocycles. The van der Waals surface area contributed by atoms with Crippen molar-refractivity contribution >= 4 is 11.6 Å². The second kappa shape index (κ2) is 3.97. The zero-order chi connectivity index (χ0) is 12.9. The molecule has 1 aromatic rings. The van der Waals surface area contributed by atoms with Gasteiger partial charge in [-0.05, 0) is 37.8 Å². The molecule has 0 aliphatic heterocycles. The van der Waals surface area contributed by atoms with E-state index in [0.29, 0.717) is 0 Å². The summed E-state index contributed by atoms with van der Waals surface area (Å²) in [6.45, 7) is 0. The van der Waals surface area contributed by atoms with Crippen molar-refractivity contribution in [3.63, 3.8) is 0 Å². The van der Waals surface area contributed by atoms with Crippen molar-refractivity contribution < 1.29 is 18.4 Å². The molecule has 2 aliphatic rings. The highest BCUT2D eigenvalue weighted by Gasteiger charge is 2.37. The molecular weight excluding hydrogens is 238 g/mol. The highest BCUT2D eigenvalue weighted by atomic mass is 19.2. The number of halogens is 2. The third-order valence-electron chi connectivity index (χ3n) is 3.49. The van der Waals surface area contributed by atoms with Gasteiger partial charge in [-0.2, -0.15) is 0 Å². The van der Waals surface area contributed by atoms with E-state index in [1.807, 2.05) is 0 Å². The van der Waals surface area contributed by atoms with Crippen molar-refractivity contribution in [2.24, 2.45) is 11.8 Å². The first-order chi connectivity index (χ1) is 8.58. The summed E-state index contributed by atoms with van der Waals surface area (Å²) in [7, 11) is 0. The Hall–Kier alpha value is -1.58. The van der Waals surface area contributed by atoms with E-state index in [9.17, 15) is 18.4 Å². The van der Waals surface area contributed by atoms with Gasteiger partial charge < -0.3 is 0 Å². The van der Waals surface area contributed by atoms with Crippen LogP contribution in [0.2, 0.25) is 0 Å². The Morgan fingerprint density at radius 3 is 1.44 bits per heavy atom. The van der Waals surface area contributed by atoms with Gasteiger partial charge >= 0.3 is 0 Å². The van der Waals surface area contributed by atoms with Crippen molar-refractivity contribution in [1.82, 2.24) is 0 Å². The highest BCUT2D eigenvalue weighted by Crippen LogP contribution is 2.37. The molecule has 2 saturated carbocycles. The topological polar surface area (TPSA) is 34.1 Å². The minimum absolute atomic E-state index is 0.0632. The van der Waals surface area contributed by atoms with E-state index in [1.54, 1.807) is 0 Å². The van der Waals surface area contributed by atoms with Gasteiger partial charge in [-0.15, -0.1) is 0 Å². The summed E-state index contributed by atoms with van der Waals surface area (Å²) in [6, 6.07) is 1.76. The third-order valence-corrected chi connectivity index (χ3v) is 3.49. The zero-order valence-electron chi connectivity index (χ0n) is 9.71. The lowest BCUT2D eigenvalue weighted by atomic mass is 9.95. The predicted molar refractivity (Wildman–Crippen MR) is 60.5 cm³/mol. The molecule has 0 N–H and O–H groups in total. The molecule has 0 aromatic heterocycles. The van der Waals surface area contributed by atoms with Crippen LogP contribution < -0.4 is 0 Å². The lowest BCUT2D eigenvalue weighted by molar-refractivity contribution is 0.0933. The van der Waals surface area contributed by atoms with Crippen LogP contribution >= 0.6 is 0 Å². The van der Waals surface area contributed by atoms with E-state index in [-0.39, 0.29) is 34.5 Å². The third kappa shape index (κ3) is 1.96. The van der Waals surface area contributed by atoms with Crippen molar-refractivity contribution in [3.8, 4) is 0 Å². The Labute approximate surface area is 103 Å². The summed E-state index contributed by atoms with van der Waals surface area (Å²) in [5, 5.41) is 0. The molecule has 0 bridgehead atoms. The smallest absolute Gasteiger partial charge is 0.166 e. The fourth-order valence-electron chi connectivity index (χ4n) is 2.09. The molecule has 18 heavy (non-hydrogen) atoms.